The van der Waals surface area contributed by atoms with Gasteiger partial charge in [0.05, 0.1) is 10.7 Å². The fourth-order valence-corrected chi connectivity index (χ4v) is 5.24. The highest BCUT2D eigenvalue weighted by molar-refractivity contribution is 7.93. The summed E-state index contributed by atoms with van der Waals surface area (Å²) in [6, 6.07) is 16.1. The van der Waals surface area contributed by atoms with E-state index in [1.807, 2.05) is 49.4 Å². The van der Waals surface area contributed by atoms with Gasteiger partial charge in [0.15, 0.2) is 5.13 Å². The van der Waals surface area contributed by atoms with Gasteiger partial charge >= 0.3 is 0 Å². The van der Waals surface area contributed by atoms with Gasteiger partial charge in [-0.15, -0.1) is 11.3 Å². The number of benzene rings is 3. The average molecular weight is 462 g/mol. The quantitative estimate of drug-likeness (QED) is 0.366. The van der Waals surface area contributed by atoms with Crippen LogP contribution >= 0.6 is 22.9 Å². The lowest BCUT2D eigenvalue weighted by atomic mass is 10.0. The largest absolute Gasteiger partial charge is 0.377 e. The summed E-state index contributed by atoms with van der Waals surface area (Å²) < 4.78 is 41.9. The van der Waals surface area contributed by atoms with Gasteiger partial charge in [-0.3, -0.25) is 4.72 Å². The molecule has 3 aromatic carbocycles. The third-order valence-electron chi connectivity index (χ3n) is 4.61. The second-order valence-electron chi connectivity index (χ2n) is 6.68. The van der Waals surface area contributed by atoms with Crippen molar-refractivity contribution in [1.29, 1.82) is 0 Å². The summed E-state index contributed by atoms with van der Waals surface area (Å²) in [5.41, 5.74) is 1.30. The molecular formula is C21H17ClFN3O2S2. The lowest BCUT2D eigenvalue weighted by Crippen LogP contribution is -2.15. The predicted octanol–water partition coefficient (Wildman–Crippen LogP) is 6.06. The van der Waals surface area contributed by atoms with Gasteiger partial charge < -0.3 is 5.32 Å². The summed E-state index contributed by atoms with van der Waals surface area (Å²) >= 11 is 7.38. The van der Waals surface area contributed by atoms with Gasteiger partial charge in [-0.2, -0.15) is 0 Å². The van der Waals surface area contributed by atoms with E-state index in [4.69, 9.17) is 11.6 Å². The van der Waals surface area contributed by atoms with E-state index >= 15 is 0 Å². The molecule has 0 aliphatic carbocycles. The summed E-state index contributed by atoms with van der Waals surface area (Å²) in [7, 11) is -4.15. The molecule has 2 N–H and O–H groups in total. The van der Waals surface area contributed by atoms with Crippen LogP contribution < -0.4 is 10.0 Å². The fraction of sp³-hybridized carbons (Fsp3) is 0.0952. The Morgan fingerprint density at radius 1 is 1.10 bits per heavy atom. The van der Waals surface area contributed by atoms with Crippen LogP contribution in [0.2, 0.25) is 5.02 Å². The molecule has 0 unspecified atom stereocenters. The minimum Gasteiger partial charge on any atom is -0.377 e. The number of thiazole rings is 1. The summed E-state index contributed by atoms with van der Waals surface area (Å²) in [4.78, 5) is 3.32. The summed E-state index contributed by atoms with van der Waals surface area (Å²) in [5.74, 6) is -0.906. The van der Waals surface area contributed by atoms with Gasteiger partial charge in [0, 0.05) is 17.6 Å². The average Bonchev–Trinajstić information content (AvgIpc) is 3.22. The Bertz CT molecular complexity index is 1310. The third kappa shape index (κ3) is 4.26. The van der Waals surface area contributed by atoms with Crippen molar-refractivity contribution in [3.63, 3.8) is 0 Å². The molecule has 1 heterocycles. The first kappa shape index (κ1) is 20.6. The van der Waals surface area contributed by atoms with Crippen molar-refractivity contribution in [2.45, 2.75) is 17.9 Å². The summed E-state index contributed by atoms with van der Waals surface area (Å²) in [6.45, 7) is 1.92. The van der Waals surface area contributed by atoms with Crippen LogP contribution in [0.15, 0.2) is 71.1 Å². The molecule has 4 aromatic rings. The highest BCUT2D eigenvalue weighted by Gasteiger charge is 2.23. The normalized spacial score (nSPS) is 12.6. The number of anilines is 2. The molecule has 1 atom stereocenters. The maximum Gasteiger partial charge on any atom is 0.266 e. The van der Waals surface area contributed by atoms with E-state index in [-0.39, 0.29) is 16.2 Å². The molecule has 0 saturated carbocycles. The maximum atomic E-state index is 14.7. The van der Waals surface area contributed by atoms with E-state index in [1.54, 1.807) is 5.38 Å². The Kier molecular flexibility index (Phi) is 5.64. The van der Waals surface area contributed by atoms with Crippen LogP contribution in [-0.4, -0.2) is 13.4 Å². The van der Waals surface area contributed by atoms with Crippen LogP contribution in [0.25, 0.3) is 10.8 Å². The van der Waals surface area contributed by atoms with Gasteiger partial charge in [-0.25, -0.2) is 17.8 Å². The Morgan fingerprint density at radius 2 is 1.87 bits per heavy atom. The number of fused-ring (bicyclic) bond motifs is 1. The van der Waals surface area contributed by atoms with Gasteiger partial charge in [0.2, 0.25) is 0 Å². The van der Waals surface area contributed by atoms with Gasteiger partial charge in [0.1, 0.15) is 10.7 Å². The number of rotatable bonds is 6. The molecule has 154 valence electrons. The smallest absolute Gasteiger partial charge is 0.266 e. The number of hydrogen-bond acceptors (Lipinski definition) is 5. The van der Waals surface area contributed by atoms with Crippen molar-refractivity contribution < 1.29 is 12.8 Å². The van der Waals surface area contributed by atoms with E-state index in [9.17, 15) is 12.8 Å². The Morgan fingerprint density at radius 3 is 2.60 bits per heavy atom. The van der Waals surface area contributed by atoms with Crippen molar-refractivity contribution >= 4 is 54.6 Å². The van der Waals surface area contributed by atoms with Crippen LogP contribution in [0.1, 0.15) is 18.5 Å². The highest BCUT2D eigenvalue weighted by atomic mass is 35.5. The van der Waals surface area contributed by atoms with E-state index in [2.05, 4.69) is 15.0 Å². The molecular weight excluding hydrogens is 445 g/mol. The lowest BCUT2D eigenvalue weighted by molar-refractivity contribution is 0.570. The van der Waals surface area contributed by atoms with Crippen LogP contribution in [0.5, 0.6) is 0 Å². The van der Waals surface area contributed by atoms with Crippen LogP contribution in [0.4, 0.5) is 15.2 Å². The standard InChI is InChI=1S/C21H17ClFN3O2S2/c1-13(15-7-6-14-4-2-3-5-16(14)10-15)25-19-12-18(23)20(11-17(19)22)30(27,28)26-21-24-8-9-29-21/h2-13,25H,1H3,(H,24,26)/t13-/m0/s1. The van der Waals surface area contributed by atoms with Crippen LogP contribution in [0, 0.1) is 5.82 Å². The third-order valence-corrected chi connectivity index (χ3v) is 7.10. The number of sulfonamides is 1. The second-order valence-corrected chi connectivity index (χ2v) is 9.63. The molecule has 4 rings (SSSR count). The Balaban J connectivity index is 1.59. The maximum absolute atomic E-state index is 14.7. The first-order valence-corrected chi connectivity index (χ1v) is 11.7. The van der Waals surface area contributed by atoms with Crippen molar-refractivity contribution in [3.05, 3.63) is 82.6 Å². The highest BCUT2D eigenvalue weighted by Crippen LogP contribution is 2.32. The van der Waals surface area contributed by atoms with Gasteiger partial charge in [0.25, 0.3) is 10.0 Å². The predicted molar refractivity (Wildman–Crippen MR) is 120 cm³/mol. The molecule has 0 spiro atoms. The molecule has 5 nitrogen and oxygen atoms in total. The molecule has 0 radical (unpaired) electrons. The zero-order valence-corrected chi connectivity index (χ0v) is 18.2. The molecule has 1 aromatic heterocycles. The van der Waals surface area contributed by atoms with E-state index in [1.165, 1.54) is 6.20 Å². The van der Waals surface area contributed by atoms with Crippen molar-refractivity contribution in [2.24, 2.45) is 0 Å². The molecule has 30 heavy (non-hydrogen) atoms. The van der Waals surface area contributed by atoms with Crippen molar-refractivity contribution in [1.82, 2.24) is 4.98 Å². The van der Waals surface area contributed by atoms with E-state index in [0.29, 0.717) is 5.69 Å². The minimum atomic E-state index is -4.15. The molecule has 0 saturated heterocycles. The SMILES string of the molecule is C[C@H](Nc1cc(F)c(S(=O)(=O)Nc2nccs2)cc1Cl)c1ccc2ccccc2c1. The lowest BCUT2D eigenvalue weighted by Gasteiger charge is -2.18. The summed E-state index contributed by atoms with van der Waals surface area (Å²) in [6.07, 6.45) is 1.45. The van der Waals surface area contributed by atoms with Gasteiger partial charge in [-0.05, 0) is 41.5 Å². The van der Waals surface area contributed by atoms with Crippen LogP contribution in [-0.2, 0) is 10.0 Å². The number of nitrogens with one attached hydrogen (secondary N) is 2. The zero-order chi connectivity index (χ0) is 21.3. The molecule has 0 fully saturated rings. The fourth-order valence-electron chi connectivity index (χ4n) is 3.08. The minimum absolute atomic E-state index is 0.101. The Labute approximate surface area is 182 Å². The van der Waals surface area contributed by atoms with E-state index in [0.717, 1.165) is 39.8 Å². The first-order chi connectivity index (χ1) is 14.3. The number of hydrogen-bond donors (Lipinski definition) is 2. The summed E-state index contributed by atoms with van der Waals surface area (Å²) in [5, 5.41) is 7.24. The monoisotopic (exact) mass is 461 g/mol. The van der Waals surface area contributed by atoms with Crippen molar-refractivity contribution in [3.8, 4) is 0 Å². The number of aromatic nitrogens is 1. The van der Waals surface area contributed by atoms with Crippen molar-refractivity contribution in [2.75, 3.05) is 10.0 Å². The van der Waals surface area contributed by atoms with Crippen LogP contribution in [0.3, 0.4) is 0 Å². The molecule has 9 heteroatoms. The number of halogens is 2. The van der Waals surface area contributed by atoms with E-state index < -0.39 is 20.7 Å². The molecule has 0 aliphatic heterocycles. The first-order valence-electron chi connectivity index (χ1n) is 9.00. The Hall–Kier alpha value is -2.68. The van der Waals surface area contributed by atoms with Gasteiger partial charge in [-0.1, -0.05) is 48.0 Å². The topological polar surface area (TPSA) is 71.1 Å². The molecule has 0 aliphatic rings. The second kappa shape index (κ2) is 8.22. The number of nitrogens with zero attached hydrogens (tertiary/aromatic N) is 1. The molecule has 0 bridgehead atoms. The zero-order valence-electron chi connectivity index (χ0n) is 15.8. The molecule has 0 amide bonds.